The third-order valence-corrected chi connectivity index (χ3v) is 3.25. The Labute approximate surface area is 96.3 Å². The summed E-state index contributed by atoms with van der Waals surface area (Å²) in [6.45, 7) is 5.87. The van der Waals surface area contributed by atoms with Crippen molar-refractivity contribution in [1.82, 2.24) is 0 Å². The molecule has 0 spiro atoms. The number of benzene rings is 1. The normalized spacial score (nSPS) is 11.6. The summed E-state index contributed by atoms with van der Waals surface area (Å²) in [4.78, 5) is 0.160. The van der Waals surface area contributed by atoms with Crippen molar-refractivity contribution in [2.24, 2.45) is 0 Å². The van der Waals surface area contributed by atoms with Crippen LogP contribution >= 0.6 is 0 Å². The molecule has 0 bridgehead atoms. The summed E-state index contributed by atoms with van der Waals surface area (Å²) >= 11 is 0. The van der Waals surface area contributed by atoms with Gasteiger partial charge in [0, 0.05) is 6.61 Å². The maximum Gasteiger partial charge on any atom is 0.297 e. The fraction of sp³-hybridized carbons (Fsp3) is 0.364. The van der Waals surface area contributed by atoms with E-state index in [1.165, 1.54) is 12.1 Å². The first-order valence-corrected chi connectivity index (χ1v) is 6.30. The monoisotopic (exact) mass is 243 g/mol. The zero-order valence-corrected chi connectivity index (χ0v) is 10.00. The largest absolute Gasteiger partial charge is 0.379 e. The second-order valence-corrected chi connectivity index (χ2v) is 4.82. The van der Waals surface area contributed by atoms with Gasteiger partial charge in [0.25, 0.3) is 10.1 Å². The van der Waals surface area contributed by atoms with Crippen molar-refractivity contribution in [3.8, 4) is 0 Å². The molecule has 0 unspecified atom stereocenters. The Bertz CT molecular complexity index is 408. The van der Waals surface area contributed by atoms with Gasteiger partial charge in [-0.05, 0) is 26.0 Å². The summed E-state index contributed by atoms with van der Waals surface area (Å²) in [5, 5.41) is 0. The topological polar surface area (TPSA) is 52.6 Å². The van der Waals surface area contributed by atoms with Gasteiger partial charge >= 0.3 is 0 Å². The van der Waals surface area contributed by atoms with Gasteiger partial charge in [-0.15, -0.1) is 0 Å². The number of ether oxygens (including phenoxy) is 1. The van der Waals surface area contributed by atoms with Crippen LogP contribution in [-0.2, 0) is 19.0 Å². The molecule has 0 aliphatic carbocycles. The Morgan fingerprint density at radius 1 is 1.19 bits per heavy atom. The fourth-order valence-corrected chi connectivity index (χ4v) is 1.97. The first kappa shape index (κ1) is 13.2. The molecule has 89 valence electrons. The number of aryl methyl sites for hydroxylation is 1. The summed E-state index contributed by atoms with van der Waals surface area (Å²) in [5.41, 5.74) is 0.999. The summed E-state index contributed by atoms with van der Waals surface area (Å²) in [5.74, 6) is 0. The number of hydrogen-bond acceptors (Lipinski definition) is 4. The average molecular weight is 243 g/mol. The average Bonchev–Trinajstić information content (AvgIpc) is 2.25. The van der Waals surface area contributed by atoms with Crippen LogP contribution in [0.4, 0.5) is 0 Å². The highest BCUT2D eigenvalue weighted by Gasteiger charge is 2.14. The van der Waals surface area contributed by atoms with Crippen LogP contribution in [0.25, 0.3) is 0 Å². The van der Waals surface area contributed by atoms with E-state index >= 15 is 0 Å². The highest BCUT2D eigenvalue weighted by molar-refractivity contribution is 7.86. The van der Waals surface area contributed by atoms with Crippen LogP contribution in [0, 0.1) is 13.8 Å². The molecule has 1 aromatic carbocycles. The van der Waals surface area contributed by atoms with Gasteiger partial charge in [0.05, 0.1) is 18.1 Å². The summed E-state index contributed by atoms with van der Waals surface area (Å²) in [7, 11) is -3.66. The minimum absolute atomic E-state index is 0.00568. The predicted octanol–water partition coefficient (Wildman–Crippen LogP) is 1.55. The van der Waals surface area contributed by atoms with Crippen LogP contribution in [0.15, 0.2) is 29.2 Å². The van der Waals surface area contributed by atoms with Gasteiger partial charge in [0.1, 0.15) is 0 Å². The van der Waals surface area contributed by atoms with Crippen LogP contribution in [0.1, 0.15) is 5.56 Å². The minimum atomic E-state index is -3.66. The predicted molar refractivity (Wildman–Crippen MR) is 60.5 cm³/mol. The molecule has 5 heteroatoms. The van der Waals surface area contributed by atoms with Crippen LogP contribution in [-0.4, -0.2) is 28.2 Å². The molecule has 4 nitrogen and oxygen atoms in total. The maximum absolute atomic E-state index is 11.6. The highest BCUT2D eigenvalue weighted by atomic mass is 32.2. The van der Waals surface area contributed by atoms with Crippen LogP contribution < -0.4 is 0 Å². The van der Waals surface area contributed by atoms with Crippen molar-refractivity contribution in [2.75, 3.05) is 19.8 Å². The van der Waals surface area contributed by atoms with E-state index in [9.17, 15) is 8.42 Å². The van der Waals surface area contributed by atoms with Crippen molar-refractivity contribution >= 4 is 10.1 Å². The molecule has 1 rings (SSSR count). The molecule has 0 aliphatic heterocycles. The van der Waals surface area contributed by atoms with Crippen molar-refractivity contribution in [3.63, 3.8) is 0 Å². The zero-order chi connectivity index (χ0) is 12.0. The summed E-state index contributed by atoms with van der Waals surface area (Å²) in [6.07, 6.45) is 0. The van der Waals surface area contributed by atoms with Gasteiger partial charge in [-0.2, -0.15) is 8.42 Å². The van der Waals surface area contributed by atoms with Gasteiger partial charge in [-0.1, -0.05) is 17.7 Å². The van der Waals surface area contributed by atoms with Crippen LogP contribution in [0.2, 0.25) is 0 Å². The SMILES string of the molecule is [CH2]COCCOS(=O)(=O)c1ccc(C)cc1. The molecule has 0 aromatic heterocycles. The number of hydrogen-bond donors (Lipinski definition) is 0. The first-order chi connectivity index (χ1) is 7.56. The third-order valence-electron chi connectivity index (χ3n) is 1.92. The van der Waals surface area contributed by atoms with Crippen molar-refractivity contribution < 1.29 is 17.3 Å². The van der Waals surface area contributed by atoms with E-state index in [1.807, 2.05) is 6.92 Å². The van der Waals surface area contributed by atoms with E-state index in [0.29, 0.717) is 6.61 Å². The van der Waals surface area contributed by atoms with E-state index in [1.54, 1.807) is 12.1 Å². The van der Waals surface area contributed by atoms with Gasteiger partial charge in [-0.25, -0.2) is 0 Å². The van der Waals surface area contributed by atoms with Crippen LogP contribution in [0.3, 0.4) is 0 Å². The van der Waals surface area contributed by atoms with Crippen molar-refractivity contribution in [2.45, 2.75) is 11.8 Å². The second kappa shape index (κ2) is 5.98. The molecule has 0 aliphatic rings. The van der Waals surface area contributed by atoms with E-state index in [-0.39, 0.29) is 18.1 Å². The Morgan fingerprint density at radius 3 is 2.38 bits per heavy atom. The maximum atomic E-state index is 11.6. The van der Waals surface area contributed by atoms with Gasteiger partial charge in [-0.3, -0.25) is 4.18 Å². The molecule has 0 saturated carbocycles. The molecule has 0 heterocycles. The lowest BCUT2D eigenvalue weighted by molar-refractivity contribution is 0.122. The molecule has 1 radical (unpaired) electrons. The molecular weight excluding hydrogens is 228 g/mol. The summed E-state index contributed by atoms with van der Waals surface area (Å²) in [6, 6.07) is 6.49. The van der Waals surface area contributed by atoms with Crippen LogP contribution in [0.5, 0.6) is 0 Å². The molecule has 0 N–H and O–H groups in total. The standard InChI is InChI=1S/C11H15O4S/c1-3-14-8-9-15-16(12,13)11-6-4-10(2)5-7-11/h4-7H,1,3,8-9H2,2H3. The lowest BCUT2D eigenvalue weighted by Gasteiger charge is -2.05. The smallest absolute Gasteiger partial charge is 0.297 e. The highest BCUT2D eigenvalue weighted by Crippen LogP contribution is 2.12. The van der Waals surface area contributed by atoms with Crippen molar-refractivity contribution in [1.29, 1.82) is 0 Å². The molecule has 0 saturated heterocycles. The lowest BCUT2D eigenvalue weighted by Crippen LogP contribution is -2.11. The van der Waals surface area contributed by atoms with Gasteiger partial charge in [0.2, 0.25) is 0 Å². The lowest BCUT2D eigenvalue weighted by atomic mass is 10.2. The number of rotatable bonds is 6. The minimum Gasteiger partial charge on any atom is -0.379 e. The molecule has 0 amide bonds. The van der Waals surface area contributed by atoms with E-state index in [2.05, 4.69) is 6.92 Å². The van der Waals surface area contributed by atoms with Gasteiger partial charge in [0.15, 0.2) is 0 Å². The second-order valence-electron chi connectivity index (χ2n) is 3.20. The van der Waals surface area contributed by atoms with Crippen molar-refractivity contribution in [3.05, 3.63) is 36.8 Å². The molecule has 1 aromatic rings. The molecule has 0 atom stereocenters. The molecule has 16 heavy (non-hydrogen) atoms. The third kappa shape index (κ3) is 3.92. The molecular formula is C11H15O4S. The summed E-state index contributed by atoms with van der Waals surface area (Å²) < 4.78 is 32.9. The Kier molecular flexibility index (Phi) is 4.92. The zero-order valence-electron chi connectivity index (χ0n) is 9.18. The van der Waals surface area contributed by atoms with E-state index < -0.39 is 10.1 Å². The molecule has 0 fully saturated rings. The quantitative estimate of drug-likeness (QED) is 0.562. The Hall–Kier alpha value is -0.910. The van der Waals surface area contributed by atoms with Gasteiger partial charge < -0.3 is 4.74 Å². The van der Waals surface area contributed by atoms with E-state index in [4.69, 9.17) is 8.92 Å². The van der Waals surface area contributed by atoms with E-state index in [0.717, 1.165) is 5.56 Å². The Balaban J connectivity index is 2.60. The fourth-order valence-electron chi connectivity index (χ4n) is 1.08. The first-order valence-electron chi connectivity index (χ1n) is 4.89. The Morgan fingerprint density at radius 2 is 1.81 bits per heavy atom.